The summed E-state index contributed by atoms with van der Waals surface area (Å²) >= 11 is 0. The Balaban J connectivity index is 0.000000176. The zero-order chi connectivity index (χ0) is 86.6. The molecule has 4 nitrogen and oxygen atoms in total. The molecular weight excluding hydrogens is 1590 g/mol. The summed E-state index contributed by atoms with van der Waals surface area (Å²) in [6, 6.07) is 126. The molecule has 0 saturated carbocycles. The number of fused-ring (bicyclic) bond motifs is 3. The van der Waals surface area contributed by atoms with Crippen LogP contribution in [-0.4, -0.2) is 16.0 Å². The van der Waals surface area contributed by atoms with Gasteiger partial charge in [-0.3, -0.25) is 0 Å². The summed E-state index contributed by atoms with van der Waals surface area (Å²) in [4.78, 5) is 12.2. The van der Waals surface area contributed by atoms with Crippen LogP contribution in [0.3, 0.4) is 0 Å². The predicted octanol–water partition coefficient (Wildman–Crippen LogP) is 28.3. The highest BCUT2D eigenvalue weighted by Crippen LogP contribution is 2.54. The molecule has 1 aromatic heterocycles. The molecule has 0 aliphatic heterocycles. The Kier molecular flexibility index (Phi) is 24.3. The molecule has 126 heavy (non-hydrogen) atoms. The van der Waals surface area contributed by atoms with Crippen LogP contribution in [0.1, 0.15) is 247 Å². The number of benzene rings is 16. The van der Waals surface area contributed by atoms with Crippen LogP contribution in [0.2, 0.25) is 0 Å². The molecule has 0 bridgehead atoms. The lowest BCUT2D eigenvalue weighted by atomic mass is 9.83. The van der Waals surface area contributed by atoms with Crippen molar-refractivity contribution in [2.24, 2.45) is 9.98 Å². The van der Waals surface area contributed by atoms with Gasteiger partial charge < -0.3 is 17.0 Å². The van der Waals surface area contributed by atoms with Crippen molar-refractivity contribution >= 4 is 44.3 Å². The standard InChI is InChI=1S/C61H57N2.C60H56N2.BrH/c1-38-33-51(42(5)46-21-13-9-14-22-46)58(52(34-38)43(6)47-23-15-10-16-24-47)62-37-63(61-56-41(4)30-32-50-31-29-40(3)55(57(50)56)60(61)62)59-53(44(7)48-25-17-11-18-26-48)35-39(2)36-54(59)45(8)49-27-19-12-20-28-49;1-37-33-50(41(5)45-21-13-9-14-22-45)57(51(34-37)42(6)46-23-15-10-16-24-46)61-59-54-39(3)29-31-49-32-30-40(4)55(56(49)54)60(59)62-58-52(43(7)47-25-17-11-18-26-47)35-38(2)36-53(58)44(8)48-27-19-12-20-28-48;/h9-37,42-45H,1-8H3;9-36,41-44H,1-8H3;1H/q+1;;/p-1/t42-,43-,44+,45+;;. The van der Waals surface area contributed by atoms with E-state index in [0.29, 0.717) is 0 Å². The van der Waals surface area contributed by atoms with E-state index in [-0.39, 0.29) is 64.3 Å². The molecule has 0 saturated heterocycles. The summed E-state index contributed by atoms with van der Waals surface area (Å²) in [5.74, 6) is 0.971. The Labute approximate surface area is 757 Å². The van der Waals surface area contributed by atoms with Crippen LogP contribution in [0, 0.1) is 55.4 Å². The van der Waals surface area contributed by atoms with Gasteiger partial charge in [-0.2, -0.15) is 9.13 Å². The van der Waals surface area contributed by atoms with Gasteiger partial charge in [0, 0.05) is 103 Å². The van der Waals surface area contributed by atoms with Crippen LogP contribution in [0.5, 0.6) is 0 Å². The monoisotopic (exact) mass is 1700 g/mol. The molecule has 0 fully saturated rings. The number of halogens is 1. The SMILES string of the molecule is Cc1cc(C(C)c2ccccc2)c(N=C2C(=Nc3c(C(C)c4ccccc4)cc(C)cc3C(C)c3ccccc3)c3c(C)ccc4ccc(C)c2c34)c(C(C)c2ccccc2)c1.Cc1cc([C@H](C)c2ccccc2)c(-n2c[n+](-c3c([C@@H](C)c4ccccc4)cc(C)cc3[C@@H](C)c3ccccc3)c3c2-c2c(C)ccc4ccc(C)c-3c24)c([C@H](C)c2ccccc2)c1.[Br-]. The molecule has 4 unspecified atom stereocenters. The third-order valence-corrected chi connectivity index (χ3v) is 27.6. The minimum Gasteiger partial charge on any atom is -1.00 e. The molecule has 1 heterocycles. The van der Waals surface area contributed by atoms with E-state index in [1.165, 1.54) is 200 Å². The quantitative estimate of drug-likeness (QED) is 0.0682. The van der Waals surface area contributed by atoms with E-state index in [2.05, 4.69) is 466 Å². The Morgan fingerprint density at radius 3 is 0.746 bits per heavy atom. The van der Waals surface area contributed by atoms with Crippen LogP contribution in [-0.2, 0) is 0 Å². The molecule has 2 aliphatic rings. The largest absolute Gasteiger partial charge is 1.00 e. The van der Waals surface area contributed by atoms with Crippen molar-refractivity contribution < 1.29 is 21.5 Å². The molecule has 0 N–H and O–H groups in total. The summed E-state index contributed by atoms with van der Waals surface area (Å²) in [6.07, 6.45) is 2.48. The van der Waals surface area contributed by atoms with E-state index in [0.717, 1.165) is 22.8 Å². The fourth-order valence-electron chi connectivity index (χ4n) is 20.6. The molecule has 0 radical (unpaired) electrons. The average molecular weight is 1700 g/mol. The summed E-state index contributed by atoms with van der Waals surface area (Å²) in [6.45, 7) is 37.0. The molecule has 8 atom stereocenters. The van der Waals surface area contributed by atoms with Crippen molar-refractivity contribution in [3.63, 3.8) is 0 Å². The van der Waals surface area contributed by atoms with Gasteiger partial charge >= 0.3 is 0 Å². The Hall–Kier alpha value is -12.9. The lowest BCUT2D eigenvalue weighted by Crippen LogP contribution is -3.00. The minimum atomic E-state index is 0. The van der Waals surface area contributed by atoms with Crippen LogP contribution >= 0.6 is 0 Å². The number of aryl methyl sites for hydroxylation is 8. The second kappa shape index (κ2) is 36.0. The highest BCUT2D eigenvalue weighted by molar-refractivity contribution is 6.62. The predicted molar refractivity (Wildman–Crippen MR) is 528 cm³/mol. The average Bonchev–Trinajstić information content (AvgIpc) is 1.52. The number of aliphatic imine (C=N–C) groups is 2. The Morgan fingerprint density at radius 2 is 0.468 bits per heavy atom. The van der Waals surface area contributed by atoms with Gasteiger partial charge in [0.1, 0.15) is 11.4 Å². The van der Waals surface area contributed by atoms with Crippen molar-refractivity contribution in [2.45, 2.75) is 158 Å². The van der Waals surface area contributed by atoms with Crippen molar-refractivity contribution in [3.8, 4) is 33.9 Å². The van der Waals surface area contributed by atoms with E-state index in [9.17, 15) is 0 Å². The molecule has 5 heteroatoms. The van der Waals surface area contributed by atoms with E-state index in [1.807, 2.05) is 0 Å². The fraction of sp³-hybridized carbons (Fsp3) is 0.198. The second-order valence-electron chi connectivity index (χ2n) is 35.9. The summed E-state index contributed by atoms with van der Waals surface area (Å²) < 4.78 is 5.26. The fourth-order valence-corrected chi connectivity index (χ4v) is 20.6. The maximum Gasteiger partial charge on any atom is 0.255 e. The maximum atomic E-state index is 6.08. The van der Waals surface area contributed by atoms with Gasteiger partial charge in [0.25, 0.3) is 6.33 Å². The van der Waals surface area contributed by atoms with Gasteiger partial charge in [-0.25, -0.2) is 9.98 Å². The topological polar surface area (TPSA) is 33.5 Å². The van der Waals surface area contributed by atoms with Crippen LogP contribution in [0.4, 0.5) is 11.4 Å². The van der Waals surface area contributed by atoms with Crippen molar-refractivity contribution in [1.82, 2.24) is 4.57 Å². The number of hydrogen-bond acceptors (Lipinski definition) is 2. The zero-order valence-electron chi connectivity index (χ0n) is 75.7. The van der Waals surface area contributed by atoms with E-state index < -0.39 is 0 Å². The number of imidazole rings is 1. The second-order valence-corrected chi connectivity index (χ2v) is 35.9. The third kappa shape index (κ3) is 15.9. The lowest BCUT2D eigenvalue weighted by molar-refractivity contribution is -0.584. The third-order valence-electron chi connectivity index (χ3n) is 27.6. The molecule has 19 rings (SSSR count). The van der Waals surface area contributed by atoms with Crippen LogP contribution < -0.4 is 21.5 Å². The normalized spacial score (nSPS) is 14.5. The van der Waals surface area contributed by atoms with Crippen molar-refractivity contribution in [2.75, 3.05) is 0 Å². The molecule has 0 amide bonds. The smallest absolute Gasteiger partial charge is 0.255 e. The Bertz CT molecular complexity index is 6290. The molecular formula is C121H113BrN4. The number of rotatable bonds is 20. The highest BCUT2D eigenvalue weighted by atomic mass is 79.9. The van der Waals surface area contributed by atoms with Crippen LogP contribution in [0.25, 0.3) is 55.4 Å². The van der Waals surface area contributed by atoms with E-state index in [1.54, 1.807) is 0 Å². The molecule has 16 aromatic carbocycles. The number of hydrogen-bond donors (Lipinski definition) is 0. The minimum absolute atomic E-state index is 0. The van der Waals surface area contributed by atoms with Gasteiger partial charge in [-0.15, -0.1) is 0 Å². The first-order valence-corrected chi connectivity index (χ1v) is 45.1. The summed E-state index contributed by atoms with van der Waals surface area (Å²) in [5, 5.41) is 5.09. The lowest BCUT2D eigenvalue weighted by Gasteiger charge is -2.24. The molecule has 17 aromatic rings. The Morgan fingerprint density at radius 1 is 0.246 bits per heavy atom. The summed E-state index contributed by atoms with van der Waals surface area (Å²) in [7, 11) is 0. The van der Waals surface area contributed by atoms with Crippen molar-refractivity contribution in [3.05, 3.63) is 491 Å². The van der Waals surface area contributed by atoms with E-state index in [4.69, 9.17) is 9.98 Å². The first-order valence-electron chi connectivity index (χ1n) is 45.1. The molecule has 2 aliphatic carbocycles. The van der Waals surface area contributed by atoms with Gasteiger partial charge in [0.2, 0.25) is 0 Å². The first-order chi connectivity index (χ1) is 60.7. The van der Waals surface area contributed by atoms with Gasteiger partial charge in [-0.05, 0) is 155 Å². The maximum absolute atomic E-state index is 6.08. The van der Waals surface area contributed by atoms with Gasteiger partial charge in [0.15, 0.2) is 11.4 Å². The van der Waals surface area contributed by atoms with E-state index >= 15 is 0 Å². The van der Waals surface area contributed by atoms with Gasteiger partial charge in [-0.1, -0.05) is 417 Å². The van der Waals surface area contributed by atoms with Crippen molar-refractivity contribution in [1.29, 1.82) is 0 Å². The summed E-state index contributed by atoms with van der Waals surface area (Å²) in [5.41, 5.74) is 44.7. The number of nitrogens with zero attached hydrogens (tertiary/aromatic N) is 4. The van der Waals surface area contributed by atoms with Crippen LogP contribution in [0.15, 0.2) is 356 Å². The number of aromatic nitrogens is 2. The molecule has 0 spiro atoms. The van der Waals surface area contributed by atoms with Gasteiger partial charge in [0.05, 0.1) is 22.8 Å². The highest BCUT2D eigenvalue weighted by Gasteiger charge is 2.43. The zero-order valence-corrected chi connectivity index (χ0v) is 77.3. The first kappa shape index (κ1) is 85.2. The molecule has 624 valence electrons.